The van der Waals surface area contributed by atoms with E-state index in [0.29, 0.717) is 12.8 Å². The van der Waals surface area contributed by atoms with E-state index < -0.39 is 23.8 Å². The maximum Gasteiger partial charge on any atom is 0.249 e. The van der Waals surface area contributed by atoms with E-state index in [1.165, 1.54) is 0 Å². The number of hydrogen-bond donors (Lipinski definition) is 2. The molecular formula is C11H15N3O3. The minimum absolute atomic E-state index is 0.210. The van der Waals surface area contributed by atoms with Gasteiger partial charge < -0.3 is 5.32 Å². The van der Waals surface area contributed by atoms with Crippen LogP contribution in [-0.2, 0) is 14.4 Å². The molecule has 1 aliphatic rings. The molecule has 1 aliphatic heterocycles. The second kappa shape index (κ2) is 5.99. The highest BCUT2D eigenvalue weighted by molar-refractivity contribution is 6.01. The van der Waals surface area contributed by atoms with Crippen molar-refractivity contribution in [3.8, 4) is 6.07 Å². The van der Waals surface area contributed by atoms with Gasteiger partial charge in [0, 0.05) is 6.42 Å². The summed E-state index contributed by atoms with van der Waals surface area (Å²) in [7, 11) is 0. The molecule has 17 heavy (non-hydrogen) atoms. The summed E-state index contributed by atoms with van der Waals surface area (Å²) >= 11 is 0. The third-order valence-electron chi connectivity index (χ3n) is 2.61. The monoisotopic (exact) mass is 237 g/mol. The summed E-state index contributed by atoms with van der Waals surface area (Å²) < 4.78 is 0. The van der Waals surface area contributed by atoms with Gasteiger partial charge in [-0.1, -0.05) is 13.3 Å². The lowest BCUT2D eigenvalue weighted by Gasteiger charge is -2.22. The van der Waals surface area contributed by atoms with E-state index in [9.17, 15) is 14.4 Å². The quantitative estimate of drug-likeness (QED) is 0.664. The standard InChI is InChI=1S/C11H15N3O3/c1-2-3-7(6-12)10(16)13-8-4-5-9(15)14-11(8)17/h7-8H,2-5H2,1H3,(H,13,16)(H,14,15,17). The average molecular weight is 237 g/mol. The number of imide groups is 1. The summed E-state index contributed by atoms with van der Waals surface area (Å²) in [6, 6.07) is 1.20. The van der Waals surface area contributed by atoms with Crippen molar-refractivity contribution in [1.29, 1.82) is 5.26 Å². The van der Waals surface area contributed by atoms with Crippen LogP contribution in [0.25, 0.3) is 0 Å². The maximum absolute atomic E-state index is 11.7. The lowest BCUT2D eigenvalue weighted by molar-refractivity contribution is -0.137. The number of carbonyl (C=O) groups excluding carboxylic acids is 3. The summed E-state index contributed by atoms with van der Waals surface area (Å²) in [5, 5.41) is 13.4. The van der Waals surface area contributed by atoms with Gasteiger partial charge in [-0.15, -0.1) is 0 Å². The molecule has 3 amide bonds. The zero-order valence-corrected chi connectivity index (χ0v) is 9.66. The van der Waals surface area contributed by atoms with Crippen LogP contribution in [0.1, 0.15) is 32.6 Å². The van der Waals surface area contributed by atoms with Crippen LogP contribution in [-0.4, -0.2) is 23.8 Å². The van der Waals surface area contributed by atoms with Gasteiger partial charge in [0.2, 0.25) is 17.7 Å². The minimum atomic E-state index is -0.731. The van der Waals surface area contributed by atoms with Crippen molar-refractivity contribution in [2.24, 2.45) is 5.92 Å². The lowest BCUT2D eigenvalue weighted by atomic mass is 10.0. The average Bonchev–Trinajstić information content (AvgIpc) is 2.29. The number of nitrogens with zero attached hydrogens (tertiary/aromatic N) is 1. The van der Waals surface area contributed by atoms with Gasteiger partial charge in [-0.3, -0.25) is 19.7 Å². The highest BCUT2D eigenvalue weighted by Gasteiger charge is 2.29. The Morgan fingerprint density at radius 1 is 1.65 bits per heavy atom. The Labute approximate surface area is 99.4 Å². The predicted molar refractivity (Wildman–Crippen MR) is 58.3 cm³/mol. The molecule has 2 N–H and O–H groups in total. The molecule has 6 nitrogen and oxygen atoms in total. The van der Waals surface area contributed by atoms with Crippen LogP contribution < -0.4 is 10.6 Å². The zero-order valence-electron chi connectivity index (χ0n) is 9.66. The van der Waals surface area contributed by atoms with Crippen LogP contribution in [0.4, 0.5) is 0 Å². The highest BCUT2D eigenvalue weighted by atomic mass is 16.2. The molecule has 2 unspecified atom stereocenters. The first kappa shape index (κ1) is 13.2. The summed E-state index contributed by atoms with van der Waals surface area (Å²) in [5.41, 5.74) is 0. The Hall–Kier alpha value is -1.90. The van der Waals surface area contributed by atoms with E-state index in [2.05, 4.69) is 10.6 Å². The lowest BCUT2D eigenvalue weighted by Crippen LogP contribution is -2.53. The van der Waals surface area contributed by atoms with Crippen LogP contribution in [0, 0.1) is 17.2 Å². The summed E-state index contributed by atoms with van der Waals surface area (Å²) in [4.78, 5) is 33.9. The van der Waals surface area contributed by atoms with Gasteiger partial charge in [-0.05, 0) is 12.8 Å². The third-order valence-corrected chi connectivity index (χ3v) is 2.61. The number of hydrogen-bond acceptors (Lipinski definition) is 4. The molecule has 0 aromatic rings. The fourth-order valence-electron chi connectivity index (χ4n) is 1.65. The van der Waals surface area contributed by atoms with Crippen molar-refractivity contribution in [2.45, 2.75) is 38.6 Å². The van der Waals surface area contributed by atoms with Crippen molar-refractivity contribution in [3.05, 3.63) is 0 Å². The number of rotatable bonds is 4. The molecule has 6 heteroatoms. The molecule has 92 valence electrons. The molecule has 0 spiro atoms. The second-order valence-corrected chi connectivity index (χ2v) is 3.98. The predicted octanol–water partition coefficient (Wildman–Crippen LogP) is -0.152. The molecule has 2 atom stereocenters. The van der Waals surface area contributed by atoms with Crippen LogP contribution in [0.3, 0.4) is 0 Å². The van der Waals surface area contributed by atoms with Crippen LogP contribution >= 0.6 is 0 Å². The molecule has 0 radical (unpaired) electrons. The Morgan fingerprint density at radius 2 is 2.35 bits per heavy atom. The number of nitriles is 1. The van der Waals surface area contributed by atoms with Gasteiger partial charge in [0.05, 0.1) is 6.07 Å². The fraction of sp³-hybridized carbons (Fsp3) is 0.636. The topological polar surface area (TPSA) is 99.1 Å². The van der Waals surface area contributed by atoms with Gasteiger partial charge in [0.25, 0.3) is 0 Å². The van der Waals surface area contributed by atoms with E-state index in [4.69, 9.17) is 5.26 Å². The van der Waals surface area contributed by atoms with E-state index >= 15 is 0 Å². The van der Waals surface area contributed by atoms with Gasteiger partial charge in [0.1, 0.15) is 12.0 Å². The maximum atomic E-state index is 11.7. The van der Waals surface area contributed by atoms with E-state index in [1.54, 1.807) is 0 Å². The van der Waals surface area contributed by atoms with Gasteiger partial charge >= 0.3 is 0 Å². The van der Waals surface area contributed by atoms with Gasteiger partial charge in [-0.25, -0.2) is 0 Å². The fourth-order valence-corrected chi connectivity index (χ4v) is 1.65. The van der Waals surface area contributed by atoms with E-state index in [-0.39, 0.29) is 12.3 Å². The minimum Gasteiger partial charge on any atom is -0.343 e. The van der Waals surface area contributed by atoms with Crippen molar-refractivity contribution in [3.63, 3.8) is 0 Å². The molecule has 1 fully saturated rings. The molecule has 1 saturated heterocycles. The zero-order chi connectivity index (χ0) is 12.8. The first-order valence-electron chi connectivity index (χ1n) is 5.62. The number of nitrogens with one attached hydrogen (secondary N) is 2. The Kier molecular flexibility index (Phi) is 4.64. The van der Waals surface area contributed by atoms with Gasteiger partial charge in [0.15, 0.2) is 0 Å². The Bertz CT molecular complexity index is 373. The molecule has 0 aliphatic carbocycles. The largest absolute Gasteiger partial charge is 0.343 e. The van der Waals surface area contributed by atoms with Gasteiger partial charge in [-0.2, -0.15) is 5.26 Å². The third kappa shape index (κ3) is 3.55. The molecular weight excluding hydrogens is 222 g/mol. The van der Waals surface area contributed by atoms with Crippen LogP contribution in [0.2, 0.25) is 0 Å². The summed E-state index contributed by atoms with van der Waals surface area (Å²) in [6.45, 7) is 1.88. The number of carbonyl (C=O) groups is 3. The van der Waals surface area contributed by atoms with E-state index in [1.807, 2.05) is 13.0 Å². The van der Waals surface area contributed by atoms with Crippen molar-refractivity contribution < 1.29 is 14.4 Å². The van der Waals surface area contributed by atoms with Crippen LogP contribution in [0.15, 0.2) is 0 Å². The number of amides is 3. The molecule has 0 saturated carbocycles. The summed E-state index contributed by atoms with van der Waals surface area (Å²) in [5.74, 6) is -2.00. The van der Waals surface area contributed by atoms with Crippen LogP contribution in [0.5, 0.6) is 0 Å². The molecule has 1 rings (SSSR count). The summed E-state index contributed by atoms with van der Waals surface area (Å²) in [6.07, 6.45) is 1.69. The van der Waals surface area contributed by atoms with Crippen molar-refractivity contribution in [1.82, 2.24) is 10.6 Å². The Morgan fingerprint density at radius 3 is 2.88 bits per heavy atom. The Balaban J connectivity index is 2.53. The second-order valence-electron chi connectivity index (χ2n) is 3.98. The highest BCUT2D eigenvalue weighted by Crippen LogP contribution is 2.09. The van der Waals surface area contributed by atoms with Crippen molar-refractivity contribution >= 4 is 17.7 Å². The normalized spacial score (nSPS) is 21.3. The first-order chi connectivity index (χ1) is 8.08. The first-order valence-corrected chi connectivity index (χ1v) is 5.62. The van der Waals surface area contributed by atoms with E-state index in [0.717, 1.165) is 6.42 Å². The molecule has 0 bridgehead atoms. The number of piperidine rings is 1. The smallest absolute Gasteiger partial charge is 0.249 e. The molecule has 0 aromatic heterocycles. The molecule has 1 heterocycles. The molecule has 0 aromatic carbocycles. The van der Waals surface area contributed by atoms with Crippen molar-refractivity contribution in [2.75, 3.05) is 0 Å². The SMILES string of the molecule is CCCC(C#N)C(=O)NC1CCC(=O)NC1=O.